The van der Waals surface area contributed by atoms with Crippen molar-refractivity contribution in [1.29, 1.82) is 0 Å². The summed E-state index contributed by atoms with van der Waals surface area (Å²) in [5.41, 5.74) is 0. The van der Waals surface area contributed by atoms with Gasteiger partial charge in [0.2, 0.25) is 10.0 Å². The molecule has 0 unspecified atom stereocenters. The topological polar surface area (TPSA) is 78.6 Å². The molecule has 6 heteroatoms. The predicted molar refractivity (Wildman–Crippen MR) is 74.6 cm³/mol. The molecule has 108 valence electrons. The van der Waals surface area contributed by atoms with Crippen molar-refractivity contribution in [3.63, 3.8) is 0 Å². The minimum atomic E-state index is -3.32. The Bertz CT molecular complexity index is 433. The van der Waals surface area contributed by atoms with E-state index in [9.17, 15) is 8.42 Å². The maximum absolute atomic E-state index is 10.7. The molecule has 0 aliphatic rings. The molecule has 0 bridgehead atoms. The Morgan fingerprint density at radius 1 is 0.947 bits per heavy atom. The van der Waals surface area contributed by atoms with Crippen LogP contribution in [0.3, 0.4) is 0 Å². The van der Waals surface area contributed by atoms with Crippen LogP contribution in [-0.2, 0) is 14.8 Å². The van der Waals surface area contributed by atoms with Gasteiger partial charge in [0, 0.05) is 6.61 Å². The van der Waals surface area contributed by atoms with E-state index in [1.807, 2.05) is 30.3 Å². The predicted octanol–water partition coefficient (Wildman–Crippen LogP) is 1.54. The molecule has 0 amide bonds. The molecule has 0 aliphatic carbocycles. The molecular weight excluding hydrogens is 266 g/mol. The molecule has 0 saturated carbocycles. The summed E-state index contributed by atoms with van der Waals surface area (Å²) in [6.07, 6.45) is 2.22. The van der Waals surface area contributed by atoms with Crippen molar-refractivity contribution in [2.45, 2.75) is 19.3 Å². The molecule has 5 nitrogen and oxygen atoms in total. The molecule has 0 aromatic heterocycles. The van der Waals surface area contributed by atoms with E-state index in [0.717, 1.165) is 18.6 Å². The summed E-state index contributed by atoms with van der Waals surface area (Å²) in [6.45, 7) is 1.66. The lowest BCUT2D eigenvalue weighted by Crippen LogP contribution is -2.16. The molecule has 0 aliphatic heterocycles. The zero-order valence-corrected chi connectivity index (χ0v) is 11.8. The molecule has 2 N–H and O–H groups in total. The van der Waals surface area contributed by atoms with Gasteiger partial charge in [0.25, 0.3) is 0 Å². The third kappa shape index (κ3) is 9.47. The second kappa shape index (κ2) is 8.90. The second-order valence-corrected chi connectivity index (χ2v) is 5.94. The van der Waals surface area contributed by atoms with E-state index in [1.165, 1.54) is 0 Å². The smallest absolute Gasteiger partial charge is 0.209 e. The van der Waals surface area contributed by atoms with E-state index in [4.69, 9.17) is 14.6 Å². The Kier molecular flexibility index (Phi) is 7.47. The van der Waals surface area contributed by atoms with Crippen LogP contribution >= 0.6 is 0 Å². The van der Waals surface area contributed by atoms with Crippen molar-refractivity contribution in [2.75, 3.05) is 25.6 Å². The van der Waals surface area contributed by atoms with Crippen LogP contribution in [0, 0.1) is 0 Å². The summed E-state index contributed by atoms with van der Waals surface area (Å²) >= 11 is 0. The second-order valence-electron chi connectivity index (χ2n) is 4.20. The van der Waals surface area contributed by atoms with E-state index >= 15 is 0 Å². The maximum Gasteiger partial charge on any atom is 0.209 e. The zero-order valence-electron chi connectivity index (χ0n) is 11.0. The minimum Gasteiger partial charge on any atom is -0.491 e. The van der Waals surface area contributed by atoms with Gasteiger partial charge in [0.1, 0.15) is 12.4 Å². The van der Waals surface area contributed by atoms with E-state index in [-0.39, 0.29) is 5.75 Å². The first-order valence-corrected chi connectivity index (χ1v) is 8.05. The highest BCUT2D eigenvalue weighted by molar-refractivity contribution is 7.89. The van der Waals surface area contributed by atoms with Gasteiger partial charge in [0.15, 0.2) is 0 Å². The number of primary sulfonamides is 1. The molecule has 0 atom stereocenters. The van der Waals surface area contributed by atoms with E-state index in [2.05, 4.69) is 0 Å². The number of para-hydroxylation sites is 1. The number of unbranched alkanes of at least 4 members (excludes halogenated alkanes) is 2. The van der Waals surface area contributed by atoms with Crippen LogP contribution in [0.4, 0.5) is 0 Å². The normalized spacial score (nSPS) is 11.4. The molecule has 19 heavy (non-hydrogen) atoms. The number of hydrogen-bond donors (Lipinski definition) is 1. The summed E-state index contributed by atoms with van der Waals surface area (Å²) in [5.74, 6) is 0.878. The monoisotopic (exact) mass is 287 g/mol. The SMILES string of the molecule is NS(=O)(=O)CCCCCOCCOc1ccccc1. The number of rotatable bonds is 10. The van der Waals surface area contributed by atoms with Crippen LogP contribution in [0.25, 0.3) is 0 Å². The van der Waals surface area contributed by atoms with Crippen molar-refractivity contribution in [2.24, 2.45) is 5.14 Å². The molecule has 1 aromatic carbocycles. The summed E-state index contributed by atoms with van der Waals surface area (Å²) in [7, 11) is -3.32. The fourth-order valence-electron chi connectivity index (χ4n) is 1.52. The third-order valence-electron chi connectivity index (χ3n) is 2.46. The van der Waals surface area contributed by atoms with Crippen LogP contribution in [0.15, 0.2) is 30.3 Å². The molecule has 1 aromatic rings. The first-order valence-electron chi connectivity index (χ1n) is 6.34. The van der Waals surface area contributed by atoms with Gasteiger partial charge >= 0.3 is 0 Å². The number of nitrogens with two attached hydrogens (primary N) is 1. The van der Waals surface area contributed by atoms with E-state index in [0.29, 0.717) is 26.2 Å². The Morgan fingerprint density at radius 2 is 1.68 bits per heavy atom. The summed E-state index contributed by atoms with van der Waals surface area (Å²) in [5, 5.41) is 4.90. The first kappa shape index (κ1) is 15.9. The van der Waals surface area contributed by atoms with Crippen molar-refractivity contribution < 1.29 is 17.9 Å². The fraction of sp³-hybridized carbons (Fsp3) is 0.538. The molecule has 0 spiro atoms. The highest BCUT2D eigenvalue weighted by Gasteiger charge is 2.01. The fourth-order valence-corrected chi connectivity index (χ4v) is 2.13. The van der Waals surface area contributed by atoms with Crippen LogP contribution in [0.5, 0.6) is 5.75 Å². The number of hydrogen-bond acceptors (Lipinski definition) is 4. The standard InChI is InChI=1S/C13H21NO4S/c14-19(15,16)12-6-2-5-9-17-10-11-18-13-7-3-1-4-8-13/h1,3-4,7-8H,2,5-6,9-12H2,(H2,14,15,16). The van der Waals surface area contributed by atoms with Crippen molar-refractivity contribution in [3.8, 4) is 5.75 Å². The van der Waals surface area contributed by atoms with Gasteiger partial charge in [-0.2, -0.15) is 0 Å². The number of ether oxygens (including phenoxy) is 2. The zero-order chi connectivity index (χ0) is 14.0. The Labute approximate surface area is 114 Å². The van der Waals surface area contributed by atoms with Gasteiger partial charge in [-0.05, 0) is 25.0 Å². The number of benzene rings is 1. The molecule has 0 fully saturated rings. The Balaban J connectivity index is 1.89. The average molecular weight is 287 g/mol. The highest BCUT2D eigenvalue weighted by atomic mass is 32.2. The molecule has 0 saturated heterocycles. The molecule has 0 radical (unpaired) electrons. The quantitative estimate of drug-likeness (QED) is 0.662. The molecule has 0 heterocycles. The lowest BCUT2D eigenvalue weighted by Gasteiger charge is -2.06. The van der Waals surface area contributed by atoms with Gasteiger partial charge in [-0.25, -0.2) is 13.6 Å². The van der Waals surface area contributed by atoms with Crippen molar-refractivity contribution in [1.82, 2.24) is 0 Å². The largest absolute Gasteiger partial charge is 0.491 e. The lowest BCUT2D eigenvalue weighted by atomic mass is 10.3. The average Bonchev–Trinajstić information content (AvgIpc) is 2.37. The highest BCUT2D eigenvalue weighted by Crippen LogP contribution is 2.07. The van der Waals surface area contributed by atoms with E-state index < -0.39 is 10.0 Å². The first-order chi connectivity index (χ1) is 9.08. The maximum atomic E-state index is 10.7. The van der Waals surface area contributed by atoms with Crippen LogP contribution in [0.2, 0.25) is 0 Å². The van der Waals surface area contributed by atoms with Gasteiger partial charge in [-0.15, -0.1) is 0 Å². The summed E-state index contributed by atoms with van der Waals surface area (Å²) in [6, 6.07) is 9.56. The summed E-state index contributed by atoms with van der Waals surface area (Å²) < 4.78 is 32.2. The van der Waals surface area contributed by atoms with Crippen LogP contribution in [-0.4, -0.2) is 34.0 Å². The molecular formula is C13H21NO4S. The Hall–Kier alpha value is -1.11. The third-order valence-corrected chi connectivity index (χ3v) is 3.31. The number of sulfonamides is 1. The Morgan fingerprint density at radius 3 is 2.37 bits per heavy atom. The van der Waals surface area contributed by atoms with Gasteiger partial charge in [-0.3, -0.25) is 0 Å². The lowest BCUT2D eigenvalue weighted by molar-refractivity contribution is 0.0974. The van der Waals surface area contributed by atoms with Crippen LogP contribution < -0.4 is 9.88 Å². The minimum absolute atomic E-state index is 0.0458. The van der Waals surface area contributed by atoms with Gasteiger partial charge in [-0.1, -0.05) is 24.6 Å². The summed E-state index contributed by atoms with van der Waals surface area (Å²) in [4.78, 5) is 0. The van der Waals surface area contributed by atoms with Crippen molar-refractivity contribution in [3.05, 3.63) is 30.3 Å². The van der Waals surface area contributed by atoms with E-state index in [1.54, 1.807) is 0 Å². The molecule has 1 rings (SSSR count). The van der Waals surface area contributed by atoms with Crippen molar-refractivity contribution >= 4 is 10.0 Å². The van der Waals surface area contributed by atoms with Crippen LogP contribution in [0.1, 0.15) is 19.3 Å². The van der Waals surface area contributed by atoms with Gasteiger partial charge < -0.3 is 9.47 Å². The van der Waals surface area contributed by atoms with Gasteiger partial charge in [0.05, 0.1) is 12.4 Å².